The highest BCUT2D eigenvalue weighted by atomic mass is 19.1. The molecule has 2 saturated heterocycles. The topological polar surface area (TPSA) is 60.9 Å². The van der Waals surface area contributed by atoms with Crippen molar-refractivity contribution >= 4 is 11.9 Å². The molecular weight excluding hydrogens is 263 g/mol. The molecule has 0 saturated carbocycles. The summed E-state index contributed by atoms with van der Waals surface area (Å²) in [5, 5.41) is 10.1. The number of aliphatic hydroxyl groups is 1. The van der Waals surface area contributed by atoms with E-state index >= 15 is 0 Å². The molecule has 6 heteroatoms. The Kier molecular flexibility index (Phi) is 3.17. The van der Waals surface area contributed by atoms with E-state index in [1.54, 1.807) is 11.0 Å². The molecule has 2 aliphatic heterocycles. The summed E-state index contributed by atoms with van der Waals surface area (Å²) in [6.07, 6.45) is 0.443. The highest BCUT2D eigenvalue weighted by Gasteiger charge is 2.47. The van der Waals surface area contributed by atoms with Gasteiger partial charge in [-0.1, -0.05) is 12.1 Å². The van der Waals surface area contributed by atoms with Crippen LogP contribution in [0.3, 0.4) is 0 Å². The zero-order valence-electron chi connectivity index (χ0n) is 10.8. The lowest BCUT2D eigenvalue weighted by Gasteiger charge is -2.19. The molecule has 1 N–H and O–H groups in total. The molecule has 1 aromatic rings. The number of carbonyl (C=O) groups excluding carboxylic acids is 2. The maximum absolute atomic E-state index is 13.1. The number of rotatable bonds is 3. The van der Waals surface area contributed by atoms with Crippen molar-refractivity contribution in [3.8, 4) is 0 Å². The van der Waals surface area contributed by atoms with Crippen LogP contribution in [-0.4, -0.2) is 46.0 Å². The fourth-order valence-corrected chi connectivity index (χ4v) is 2.84. The Labute approximate surface area is 115 Å². The maximum Gasteiger partial charge on any atom is 0.327 e. The number of fused-ring (bicyclic) bond motifs is 1. The van der Waals surface area contributed by atoms with Crippen molar-refractivity contribution in [2.24, 2.45) is 0 Å². The summed E-state index contributed by atoms with van der Waals surface area (Å²) in [5.41, 5.74) is 0.359. The largest absolute Gasteiger partial charge is 0.387 e. The number of β-amino-alcohol motifs (C(OH)–C–C–N with tert-alkyl or cyclic N) is 1. The van der Waals surface area contributed by atoms with Crippen LogP contribution in [0.2, 0.25) is 0 Å². The van der Waals surface area contributed by atoms with Gasteiger partial charge in [0.1, 0.15) is 11.9 Å². The molecule has 0 radical (unpaired) electrons. The van der Waals surface area contributed by atoms with Crippen molar-refractivity contribution in [1.29, 1.82) is 0 Å². The third kappa shape index (κ3) is 2.06. The van der Waals surface area contributed by atoms with Crippen molar-refractivity contribution in [2.75, 3.05) is 13.1 Å². The molecule has 0 unspecified atom stereocenters. The first-order chi connectivity index (χ1) is 9.58. The van der Waals surface area contributed by atoms with Crippen LogP contribution in [-0.2, 0) is 4.79 Å². The number of nitrogens with zero attached hydrogens (tertiary/aromatic N) is 2. The fourth-order valence-electron chi connectivity index (χ4n) is 2.84. The molecule has 2 fully saturated rings. The summed E-state index contributed by atoms with van der Waals surface area (Å²) < 4.78 is 13.1. The molecule has 106 valence electrons. The third-order valence-corrected chi connectivity index (χ3v) is 3.87. The summed E-state index contributed by atoms with van der Waals surface area (Å²) in [4.78, 5) is 26.8. The maximum atomic E-state index is 13.1. The van der Waals surface area contributed by atoms with Gasteiger partial charge in [0.05, 0.1) is 12.6 Å². The normalized spacial score (nSPS) is 23.4. The number of benzene rings is 1. The van der Waals surface area contributed by atoms with Crippen molar-refractivity contribution in [3.05, 3.63) is 35.6 Å². The van der Waals surface area contributed by atoms with Crippen LogP contribution in [0.5, 0.6) is 0 Å². The van der Waals surface area contributed by atoms with Crippen molar-refractivity contribution in [1.82, 2.24) is 9.80 Å². The second-order valence-corrected chi connectivity index (χ2v) is 5.15. The Bertz CT molecular complexity index is 541. The van der Waals surface area contributed by atoms with E-state index < -0.39 is 11.9 Å². The Balaban J connectivity index is 1.75. The average molecular weight is 278 g/mol. The molecule has 5 nitrogen and oxygen atoms in total. The highest BCUT2D eigenvalue weighted by molar-refractivity contribution is 6.04. The molecule has 2 atom stereocenters. The lowest BCUT2D eigenvalue weighted by molar-refractivity contribution is -0.128. The molecule has 20 heavy (non-hydrogen) atoms. The van der Waals surface area contributed by atoms with Gasteiger partial charge in [0, 0.05) is 6.54 Å². The molecule has 0 aliphatic carbocycles. The second-order valence-electron chi connectivity index (χ2n) is 5.15. The molecule has 2 heterocycles. The quantitative estimate of drug-likeness (QED) is 0.847. The van der Waals surface area contributed by atoms with E-state index in [1.165, 1.54) is 18.2 Å². The summed E-state index contributed by atoms with van der Waals surface area (Å²) in [6.45, 7) is 0.454. The van der Waals surface area contributed by atoms with Gasteiger partial charge >= 0.3 is 6.03 Å². The standard InChI is InChI=1S/C14H15FN2O3/c15-10-4-1-3-9(7-10)12(18)8-17-13(19)11-5-2-6-16(11)14(17)20/h1,3-4,7,11-12,18H,2,5-6,8H2/t11-,12+/m1/s1. The van der Waals surface area contributed by atoms with E-state index in [0.717, 1.165) is 11.3 Å². The number of hydrogen-bond acceptors (Lipinski definition) is 3. The Morgan fingerprint density at radius 2 is 2.20 bits per heavy atom. The molecule has 0 bridgehead atoms. The Morgan fingerprint density at radius 1 is 1.40 bits per heavy atom. The second kappa shape index (κ2) is 4.86. The van der Waals surface area contributed by atoms with Crippen LogP contribution in [0.1, 0.15) is 24.5 Å². The zero-order chi connectivity index (χ0) is 14.3. The number of carbonyl (C=O) groups is 2. The van der Waals surface area contributed by atoms with Crippen LogP contribution >= 0.6 is 0 Å². The Morgan fingerprint density at radius 3 is 2.90 bits per heavy atom. The van der Waals surface area contributed by atoms with E-state index in [0.29, 0.717) is 18.5 Å². The monoisotopic (exact) mass is 278 g/mol. The molecule has 3 rings (SSSR count). The first-order valence-electron chi connectivity index (χ1n) is 6.63. The zero-order valence-corrected chi connectivity index (χ0v) is 10.8. The van der Waals surface area contributed by atoms with Crippen molar-refractivity contribution < 1.29 is 19.1 Å². The van der Waals surface area contributed by atoms with Gasteiger partial charge in [0.25, 0.3) is 5.91 Å². The molecule has 0 spiro atoms. The van der Waals surface area contributed by atoms with E-state index in [1.807, 2.05) is 0 Å². The van der Waals surface area contributed by atoms with E-state index in [-0.39, 0.29) is 24.5 Å². The number of urea groups is 1. The number of aliphatic hydroxyl groups excluding tert-OH is 1. The van der Waals surface area contributed by atoms with E-state index in [9.17, 15) is 19.1 Å². The molecule has 3 amide bonds. The lowest BCUT2D eigenvalue weighted by Crippen LogP contribution is -2.36. The number of imide groups is 1. The minimum absolute atomic E-state index is 0.131. The van der Waals surface area contributed by atoms with Gasteiger partial charge in [-0.05, 0) is 30.5 Å². The number of amides is 3. The summed E-state index contributed by atoms with van der Waals surface area (Å²) >= 11 is 0. The fraction of sp³-hybridized carbons (Fsp3) is 0.429. The van der Waals surface area contributed by atoms with Crippen LogP contribution in [0.4, 0.5) is 9.18 Å². The van der Waals surface area contributed by atoms with Crippen LogP contribution in [0.25, 0.3) is 0 Å². The molecular formula is C14H15FN2O3. The van der Waals surface area contributed by atoms with Gasteiger partial charge in [-0.15, -0.1) is 0 Å². The van der Waals surface area contributed by atoms with Crippen LogP contribution < -0.4 is 0 Å². The smallest absolute Gasteiger partial charge is 0.327 e. The minimum Gasteiger partial charge on any atom is -0.387 e. The first-order valence-corrected chi connectivity index (χ1v) is 6.63. The Hall–Kier alpha value is -1.95. The number of hydrogen-bond donors (Lipinski definition) is 1. The highest BCUT2D eigenvalue weighted by Crippen LogP contribution is 2.28. The van der Waals surface area contributed by atoms with Gasteiger partial charge in [0.15, 0.2) is 0 Å². The number of halogens is 1. The third-order valence-electron chi connectivity index (χ3n) is 3.87. The average Bonchev–Trinajstić information content (AvgIpc) is 2.99. The first kappa shape index (κ1) is 13.1. The van der Waals surface area contributed by atoms with Crippen LogP contribution in [0, 0.1) is 5.82 Å². The minimum atomic E-state index is -1.07. The molecule has 2 aliphatic rings. The van der Waals surface area contributed by atoms with Crippen molar-refractivity contribution in [2.45, 2.75) is 25.0 Å². The van der Waals surface area contributed by atoms with Gasteiger partial charge in [-0.3, -0.25) is 9.69 Å². The summed E-state index contributed by atoms with van der Waals surface area (Å²) in [7, 11) is 0. The van der Waals surface area contributed by atoms with Crippen molar-refractivity contribution in [3.63, 3.8) is 0 Å². The molecule has 0 aromatic heterocycles. The van der Waals surface area contributed by atoms with Gasteiger partial charge in [-0.25, -0.2) is 9.18 Å². The summed E-state index contributed by atoms with van der Waals surface area (Å²) in [6, 6.07) is 4.81. The molecule has 1 aromatic carbocycles. The summed E-state index contributed by atoms with van der Waals surface area (Å²) in [5.74, 6) is -0.718. The van der Waals surface area contributed by atoms with Gasteiger partial charge < -0.3 is 10.0 Å². The predicted molar refractivity (Wildman–Crippen MR) is 68.2 cm³/mol. The van der Waals surface area contributed by atoms with E-state index in [2.05, 4.69) is 0 Å². The van der Waals surface area contributed by atoms with Crippen LogP contribution in [0.15, 0.2) is 24.3 Å². The van der Waals surface area contributed by atoms with Gasteiger partial charge in [-0.2, -0.15) is 0 Å². The predicted octanol–water partition coefficient (Wildman–Crippen LogP) is 1.29. The lowest BCUT2D eigenvalue weighted by atomic mass is 10.1. The van der Waals surface area contributed by atoms with Gasteiger partial charge in [0.2, 0.25) is 0 Å². The SMILES string of the molecule is O=C1[C@H]2CCCN2C(=O)N1C[C@H](O)c1cccc(F)c1. The van der Waals surface area contributed by atoms with E-state index in [4.69, 9.17) is 0 Å².